The molecule has 0 atom stereocenters. The number of carbonyl (C=O) groups is 1. The molecule has 2 aromatic heterocycles. The van der Waals surface area contributed by atoms with Crippen LogP contribution in [0.25, 0.3) is 6.08 Å². The molecule has 0 saturated carbocycles. The van der Waals surface area contributed by atoms with Gasteiger partial charge in [-0.05, 0) is 31.6 Å². The molecule has 134 valence electrons. The number of aromatic nitrogens is 4. The highest BCUT2D eigenvalue weighted by atomic mass is 35.5. The summed E-state index contributed by atoms with van der Waals surface area (Å²) in [4.78, 5) is 12.1. The lowest BCUT2D eigenvalue weighted by molar-refractivity contribution is -0.111. The Morgan fingerprint density at radius 1 is 1.31 bits per heavy atom. The molecule has 6 nitrogen and oxygen atoms in total. The highest BCUT2D eigenvalue weighted by Crippen LogP contribution is 2.16. The summed E-state index contributed by atoms with van der Waals surface area (Å²) in [6, 6.07) is 9.36. The van der Waals surface area contributed by atoms with Gasteiger partial charge in [-0.25, -0.2) is 0 Å². The van der Waals surface area contributed by atoms with E-state index in [0.717, 1.165) is 23.4 Å². The number of benzene rings is 1. The van der Waals surface area contributed by atoms with Crippen molar-refractivity contribution in [2.45, 2.75) is 26.9 Å². The van der Waals surface area contributed by atoms with E-state index in [-0.39, 0.29) is 5.91 Å². The van der Waals surface area contributed by atoms with Crippen LogP contribution in [0.3, 0.4) is 0 Å². The molecule has 0 bridgehead atoms. The molecule has 3 rings (SSSR count). The van der Waals surface area contributed by atoms with E-state index in [9.17, 15) is 4.79 Å². The molecule has 0 spiro atoms. The van der Waals surface area contributed by atoms with E-state index >= 15 is 0 Å². The van der Waals surface area contributed by atoms with Crippen LogP contribution in [0.2, 0.25) is 5.02 Å². The first-order valence-corrected chi connectivity index (χ1v) is 8.73. The highest BCUT2D eigenvalue weighted by Gasteiger charge is 2.06. The normalized spacial score (nSPS) is 11.2. The Labute approximate surface area is 157 Å². The number of anilines is 1. The zero-order chi connectivity index (χ0) is 18.5. The maximum Gasteiger partial charge on any atom is 0.249 e. The van der Waals surface area contributed by atoms with Crippen LogP contribution in [-0.2, 0) is 17.9 Å². The predicted octanol–water partition coefficient (Wildman–Crippen LogP) is 3.76. The van der Waals surface area contributed by atoms with Crippen LogP contribution in [0.15, 0.2) is 48.8 Å². The van der Waals surface area contributed by atoms with Crippen molar-refractivity contribution in [3.8, 4) is 0 Å². The Morgan fingerprint density at radius 2 is 2.12 bits per heavy atom. The summed E-state index contributed by atoms with van der Waals surface area (Å²) in [6.07, 6.45) is 6.79. The first-order chi connectivity index (χ1) is 12.6. The number of hydrogen-bond donors (Lipinski definition) is 1. The largest absolute Gasteiger partial charge is 0.306 e. The van der Waals surface area contributed by atoms with Crippen molar-refractivity contribution in [2.75, 3.05) is 5.32 Å². The van der Waals surface area contributed by atoms with Crippen LogP contribution in [0.4, 0.5) is 5.82 Å². The van der Waals surface area contributed by atoms with Crippen molar-refractivity contribution in [2.24, 2.45) is 0 Å². The summed E-state index contributed by atoms with van der Waals surface area (Å²) in [5.74, 6) is 0.254. The summed E-state index contributed by atoms with van der Waals surface area (Å²) >= 11 is 6.16. The van der Waals surface area contributed by atoms with E-state index in [1.807, 2.05) is 42.8 Å². The van der Waals surface area contributed by atoms with Gasteiger partial charge in [0.15, 0.2) is 5.82 Å². The van der Waals surface area contributed by atoms with Gasteiger partial charge < -0.3 is 5.32 Å². The number of rotatable bonds is 6. The summed E-state index contributed by atoms with van der Waals surface area (Å²) in [5, 5.41) is 12.1. The first-order valence-electron chi connectivity index (χ1n) is 8.35. The SMILES string of the molecule is CCn1ncc(/C=C/C(=O)Nc2ccn(Cc3ccccc3Cl)n2)c1C. The molecule has 26 heavy (non-hydrogen) atoms. The Kier molecular flexibility index (Phi) is 5.53. The lowest BCUT2D eigenvalue weighted by Crippen LogP contribution is -2.09. The molecule has 0 radical (unpaired) electrons. The molecule has 1 amide bonds. The van der Waals surface area contributed by atoms with Gasteiger partial charge in [0, 0.05) is 41.2 Å². The quantitative estimate of drug-likeness (QED) is 0.673. The maximum absolute atomic E-state index is 12.1. The van der Waals surface area contributed by atoms with Crippen LogP contribution >= 0.6 is 11.6 Å². The minimum Gasteiger partial charge on any atom is -0.306 e. The second kappa shape index (κ2) is 8.01. The molecule has 0 unspecified atom stereocenters. The second-order valence-corrected chi connectivity index (χ2v) is 6.22. The Morgan fingerprint density at radius 3 is 2.85 bits per heavy atom. The number of carbonyl (C=O) groups excluding carboxylic acids is 1. The number of nitrogens with zero attached hydrogens (tertiary/aromatic N) is 4. The molecule has 1 aromatic carbocycles. The van der Waals surface area contributed by atoms with Crippen LogP contribution in [0, 0.1) is 6.92 Å². The molecule has 0 saturated heterocycles. The monoisotopic (exact) mass is 369 g/mol. The smallest absolute Gasteiger partial charge is 0.249 e. The van der Waals surface area contributed by atoms with Gasteiger partial charge in [0.1, 0.15) is 0 Å². The Bertz CT molecular complexity index is 941. The maximum atomic E-state index is 12.1. The molecule has 0 aliphatic carbocycles. The van der Waals surface area contributed by atoms with Gasteiger partial charge in [0.2, 0.25) is 5.91 Å². The molecule has 0 aliphatic heterocycles. The van der Waals surface area contributed by atoms with Gasteiger partial charge in [0.25, 0.3) is 0 Å². The number of aryl methyl sites for hydroxylation is 1. The standard InChI is InChI=1S/C19H20ClN5O/c1-3-25-14(2)15(12-21-25)8-9-19(26)22-18-10-11-24(23-18)13-16-6-4-5-7-17(16)20/h4-12H,3,13H2,1-2H3,(H,22,23,26)/b9-8+. The fourth-order valence-electron chi connectivity index (χ4n) is 2.59. The van der Waals surface area contributed by atoms with Crippen molar-refractivity contribution in [3.63, 3.8) is 0 Å². The third kappa shape index (κ3) is 4.21. The Balaban J connectivity index is 1.61. The fourth-order valence-corrected chi connectivity index (χ4v) is 2.79. The fraction of sp³-hybridized carbons (Fsp3) is 0.211. The molecule has 1 N–H and O–H groups in total. The van der Waals surface area contributed by atoms with Crippen molar-refractivity contribution < 1.29 is 4.79 Å². The molecule has 0 aliphatic rings. The number of amides is 1. The van der Waals surface area contributed by atoms with E-state index in [2.05, 4.69) is 15.5 Å². The molecule has 3 aromatic rings. The van der Waals surface area contributed by atoms with E-state index in [0.29, 0.717) is 17.4 Å². The lowest BCUT2D eigenvalue weighted by atomic mass is 10.2. The van der Waals surface area contributed by atoms with E-state index in [4.69, 9.17) is 11.6 Å². The van der Waals surface area contributed by atoms with Crippen LogP contribution in [-0.4, -0.2) is 25.5 Å². The van der Waals surface area contributed by atoms with Gasteiger partial charge in [0.05, 0.1) is 12.7 Å². The van der Waals surface area contributed by atoms with Crippen LogP contribution < -0.4 is 5.32 Å². The zero-order valence-corrected chi connectivity index (χ0v) is 15.4. The number of halogens is 1. The summed E-state index contributed by atoms with van der Waals surface area (Å²) in [7, 11) is 0. The minimum atomic E-state index is -0.239. The summed E-state index contributed by atoms with van der Waals surface area (Å²) < 4.78 is 3.62. The Hall–Kier alpha value is -2.86. The summed E-state index contributed by atoms with van der Waals surface area (Å²) in [6.45, 7) is 5.35. The van der Waals surface area contributed by atoms with Gasteiger partial charge in [-0.2, -0.15) is 10.2 Å². The second-order valence-electron chi connectivity index (χ2n) is 5.81. The average Bonchev–Trinajstić information content (AvgIpc) is 3.21. The van der Waals surface area contributed by atoms with Crippen LogP contribution in [0.1, 0.15) is 23.7 Å². The van der Waals surface area contributed by atoms with E-state index < -0.39 is 0 Å². The van der Waals surface area contributed by atoms with Crippen LogP contribution in [0.5, 0.6) is 0 Å². The molecular weight excluding hydrogens is 350 g/mol. The van der Waals surface area contributed by atoms with Crippen molar-refractivity contribution >= 4 is 29.4 Å². The molecule has 2 heterocycles. The molecule has 7 heteroatoms. The van der Waals surface area contributed by atoms with Gasteiger partial charge >= 0.3 is 0 Å². The average molecular weight is 370 g/mol. The third-order valence-corrected chi connectivity index (χ3v) is 4.41. The summed E-state index contributed by atoms with van der Waals surface area (Å²) in [5.41, 5.74) is 2.92. The third-order valence-electron chi connectivity index (χ3n) is 4.04. The first kappa shape index (κ1) is 17.9. The number of hydrogen-bond acceptors (Lipinski definition) is 3. The highest BCUT2D eigenvalue weighted by molar-refractivity contribution is 6.31. The van der Waals surface area contributed by atoms with Gasteiger partial charge in [-0.15, -0.1) is 0 Å². The zero-order valence-electron chi connectivity index (χ0n) is 14.7. The van der Waals surface area contributed by atoms with Crippen molar-refractivity contribution in [1.29, 1.82) is 0 Å². The van der Waals surface area contributed by atoms with Crippen molar-refractivity contribution in [3.05, 3.63) is 70.6 Å². The molecular formula is C19H20ClN5O. The van der Waals surface area contributed by atoms with Gasteiger partial charge in [-0.3, -0.25) is 14.2 Å². The van der Waals surface area contributed by atoms with E-state index in [1.54, 1.807) is 29.2 Å². The lowest BCUT2D eigenvalue weighted by Gasteiger charge is -2.04. The predicted molar refractivity (Wildman–Crippen MR) is 103 cm³/mol. The van der Waals surface area contributed by atoms with E-state index in [1.165, 1.54) is 6.08 Å². The molecule has 0 fully saturated rings. The number of nitrogens with one attached hydrogen (secondary N) is 1. The van der Waals surface area contributed by atoms with Crippen molar-refractivity contribution in [1.82, 2.24) is 19.6 Å². The topological polar surface area (TPSA) is 64.7 Å². The van der Waals surface area contributed by atoms with Gasteiger partial charge in [-0.1, -0.05) is 29.8 Å². The minimum absolute atomic E-state index is 0.239.